The summed E-state index contributed by atoms with van der Waals surface area (Å²) in [6, 6.07) is 22.0. The molecule has 3 aromatic carbocycles. The molecule has 6 heteroatoms. The van der Waals surface area contributed by atoms with Crippen molar-refractivity contribution in [1.29, 1.82) is 0 Å². The first kappa shape index (κ1) is 18.4. The van der Waals surface area contributed by atoms with Gasteiger partial charge < -0.3 is 0 Å². The number of para-hydroxylation sites is 1. The third kappa shape index (κ3) is 1.90. The molecular formula is C24H14Cl3NO2. The molecule has 0 N–H and O–H groups in total. The molecule has 2 bridgehead atoms. The van der Waals surface area contributed by atoms with Crippen molar-refractivity contribution in [2.75, 3.05) is 4.90 Å². The van der Waals surface area contributed by atoms with E-state index >= 15 is 0 Å². The lowest BCUT2D eigenvalue weighted by atomic mass is 9.54. The minimum atomic E-state index is -1.18. The van der Waals surface area contributed by atoms with Crippen LogP contribution in [-0.2, 0) is 19.3 Å². The summed E-state index contributed by atoms with van der Waals surface area (Å²) in [6.07, 6.45) is 0. The highest BCUT2D eigenvalue weighted by Crippen LogP contribution is 2.69. The number of imide groups is 1. The Hall–Kier alpha value is -2.33. The van der Waals surface area contributed by atoms with Gasteiger partial charge in [-0.25, -0.2) is 4.90 Å². The van der Waals surface area contributed by atoms with Crippen LogP contribution in [0.15, 0.2) is 72.8 Å². The maximum absolute atomic E-state index is 13.8. The lowest BCUT2D eigenvalue weighted by molar-refractivity contribution is -0.122. The van der Waals surface area contributed by atoms with Crippen molar-refractivity contribution >= 4 is 52.3 Å². The standard InChI is InChI=1S/C24H14Cl3NO2/c25-17-11-5-6-12-18(17)28-21(29)19-20(22(28)30)24(27)14-8-2-1-7-13(14)23(19,26)15-9-3-4-10-16(15)24/h1-12,19-20H/t19-,20+,23?,24?. The van der Waals surface area contributed by atoms with Gasteiger partial charge in [-0.2, -0.15) is 0 Å². The van der Waals surface area contributed by atoms with E-state index < -0.39 is 21.6 Å². The largest absolute Gasteiger partial charge is 0.274 e. The Balaban J connectivity index is 1.68. The first-order valence-electron chi connectivity index (χ1n) is 9.62. The summed E-state index contributed by atoms with van der Waals surface area (Å²) in [5, 5.41) is 0.326. The number of carbonyl (C=O) groups is 2. The second kappa shape index (κ2) is 5.88. The fourth-order valence-electron chi connectivity index (χ4n) is 5.54. The number of rotatable bonds is 1. The first-order chi connectivity index (χ1) is 14.4. The number of halogens is 3. The van der Waals surface area contributed by atoms with Gasteiger partial charge >= 0.3 is 0 Å². The third-order valence-corrected chi connectivity index (χ3v) is 8.28. The van der Waals surface area contributed by atoms with E-state index in [0.717, 1.165) is 22.3 Å². The van der Waals surface area contributed by atoms with Crippen LogP contribution in [0.2, 0.25) is 5.02 Å². The normalized spacial score (nSPS) is 30.8. The van der Waals surface area contributed by atoms with Crippen molar-refractivity contribution in [3.05, 3.63) is 100 Å². The van der Waals surface area contributed by atoms with Gasteiger partial charge in [-0.3, -0.25) is 9.59 Å². The second-order valence-electron chi connectivity index (χ2n) is 7.93. The predicted octanol–water partition coefficient (Wildman–Crippen LogP) is 5.44. The molecule has 0 unspecified atom stereocenters. The average molecular weight is 455 g/mol. The number of anilines is 1. The number of nitrogens with zero attached hydrogens (tertiary/aromatic N) is 1. The van der Waals surface area contributed by atoms with Crippen molar-refractivity contribution < 1.29 is 9.59 Å². The van der Waals surface area contributed by atoms with Gasteiger partial charge in [0.1, 0.15) is 9.75 Å². The van der Waals surface area contributed by atoms with Gasteiger partial charge in [0.05, 0.1) is 22.5 Å². The van der Waals surface area contributed by atoms with E-state index in [0.29, 0.717) is 10.7 Å². The lowest BCUT2D eigenvalue weighted by Gasteiger charge is -2.54. The number of alkyl halides is 2. The van der Waals surface area contributed by atoms with Gasteiger partial charge in [0, 0.05) is 0 Å². The highest BCUT2D eigenvalue weighted by Gasteiger charge is 2.73. The molecule has 4 aliphatic rings. The van der Waals surface area contributed by atoms with Gasteiger partial charge in [0.2, 0.25) is 11.8 Å². The number of benzene rings is 3. The highest BCUT2D eigenvalue weighted by atomic mass is 35.5. The number of carbonyl (C=O) groups excluding carboxylic acids is 2. The van der Waals surface area contributed by atoms with Crippen LogP contribution in [0.3, 0.4) is 0 Å². The lowest BCUT2D eigenvalue weighted by Crippen LogP contribution is -2.57. The maximum Gasteiger partial charge on any atom is 0.240 e. The minimum absolute atomic E-state index is 0.326. The van der Waals surface area contributed by atoms with Crippen LogP contribution in [0.25, 0.3) is 0 Å². The van der Waals surface area contributed by atoms with Crippen molar-refractivity contribution in [3.8, 4) is 0 Å². The van der Waals surface area contributed by atoms with Crippen LogP contribution in [0.1, 0.15) is 22.3 Å². The Morgan fingerprint density at radius 3 is 1.40 bits per heavy atom. The predicted molar refractivity (Wildman–Crippen MR) is 117 cm³/mol. The van der Waals surface area contributed by atoms with Gasteiger partial charge in [0.25, 0.3) is 0 Å². The van der Waals surface area contributed by atoms with E-state index in [1.165, 1.54) is 4.90 Å². The summed E-state index contributed by atoms with van der Waals surface area (Å²) in [5.74, 6) is -2.40. The monoisotopic (exact) mass is 453 g/mol. The molecule has 7 rings (SSSR count). The van der Waals surface area contributed by atoms with E-state index in [-0.39, 0.29) is 11.8 Å². The fraction of sp³-hybridized carbons (Fsp3) is 0.167. The zero-order valence-corrected chi connectivity index (χ0v) is 17.7. The molecule has 0 spiro atoms. The summed E-state index contributed by atoms with van der Waals surface area (Å²) in [5.41, 5.74) is 3.48. The molecule has 2 amide bonds. The molecule has 3 aromatic rings. The number of hydrogen-bond acceptors (Lipinski definition) is 2. The minimum Gasteiger partial charge on any atom is -0.274 e. The number of amides is 2. The van der Waals surface area contributed by atoms with E-state index in [9.17, 15) is 9.59 Å². The van der Waals surface area contributed by atoms with Crippen molar-refractivity contribution in [2.24, 2.45) is 11.8 Å². The Bertz CT molecular complexity index is 1150. The molecule has 1 saturated heterocycles. The molecule has 0 aromatic heterocycles. The van der Waals surface area contributed by atoms with Gasteiger partial charge in [-0.15, -0.1) is 23.2 Å². The summed E-state index contributed by atoms with van der Waals surface area (Å²) >= 11 is 21.1. The smallest absolute Gasteiger partial charge is 0.240 e. The highest BCUT2D eigenvalue weighted by molar-refractivity contribution is 6.40. The topological polar surface area (TPSA) is 37.4 Å². The van der Waals surface area contributed by atoms with Crippen LogP contribution in [0.5, 0.6) is 0 Å². The fourth-order valence-corrected chi connectivity index (χ4v) is 6.86. The second-order valence-corrected chi connectivity index (χ2v) is 9.53. The van der Waals surface area contributed by atoms with E-state index in [4.69, 9.17) is 34.8 Å². The van der Waals surface area contributed by atoms with Gasteiger partial charge in [-0.05, 0) is 34.4 Å². The Labute approximate surface area is 188 Å². The summed E-state index contributed by atoms with van der Waals surface area (Å²) < 4.78 is 0. The van der Waals surface area contributed by atoms with E-state index in [1.807, 2.05) is 48.5 Å². The number of hydrogen-bond donors (Lipinski definition) is 0. The molecule has 3 nitrogen and oxygen atoms in total. The van der Waals surface area contributed by atoms with Gasteiger partial charge in [0.15, 0.2) is 0 Å². The zero-order valence-electron chi connectivity index (χ0n) is 15.5. The molecule has 0 saturated carbocycles. The van der Waals surface area contributed by atoms with Gasteiger partial charge in [-0.1, -0.05) is 72.3 Å². The molecule has 148 valence electrons. The van der Waals surface area contributed by atoms with Crippen LogP contribution in [0, 0.1) is 11.8 Å². The Morgan fingerprint density at radius 1 is 0.633 bits per heavy atom. The van der Waals surface area contributed by atoms with Crippen LogP contribution in [-0.4, -0.2) is 11.8 Å². The van der Waals surface area contributed by atoms with Crippen molar-refractivity contribution in [3.63, 3.8) is 0 Å². The summed E-state index contributed by atoms with van der Waals surface area (Å²) in [6.45, 7) is 0. The third-order valence-electron chi connectivity index (χ3n) is 6.68. The average Bonchev–Trinajstić information content (AvgIpc) is 3.04. The molecule has 3 aliphatic carbocycles. The molecule has 0 radical (unpaired) electrons. The zero-order chi connectivity index (χ0) is 20.8. The van der Waals surface area contributed by atoms with E-state index in [2.05, 4.69) is 0 Å². The van der Waals surface area contributed by atoms with Crippen LogP contribution in [0.4, 0.5) is 5.69 Å². The van der Waals surface area contributed by atoms with Crippen molar-refractivity contribution in [1.82, 2.24) is 0 Å². The molecule has 1 aliphatic heterocycles. The quantitative estimate of drug-likeness (QED) is 0.363. The van der Waals surface area contributed by atoms with Crippen molar-refractivity contribution in [2.45, 2.75) is 9.75 Å². The SMILES string of the molecule is O=C1[C@@H]2[C@H](C(=O)N1c1ccccc1Cl)C1(Cl)c3ccccc3C2(Cl)c2ccccc21. The molecule has 1 heterocycles. The molecule has 2 atom stereocenters. The molecular weight excluding hydrogens is 441 g/mol. The summed E-state index contributed by atoms with van der Waals surface area (Å²) in [7, 11) is 0. The first-order valence-corrected chi connectivity index (χ1v) is 10.7. The molecule has 1 fully saturated rings. The Kier molecular flexibility index (Phi) is 3.61. The van der Waals surface area contributed by atoms with E-state index in [1.54, 1.807) is 24.3 Å². The molecule has 30 heavy (non-hydrogen) atoms. The maximum atomic E-state index is 13.8. The van der Waals surface area contributed by atoms with Crippen LogP contribution < -0.4 is 4.90 Å². The summed E-state index contributed by atoms with van der Waals surface area (Å²) in [4.78, 5) is 26.3. The van der Waals surface area contributed by atoms with Crippen LogP contribution >= 0.6 is 34.8 Å². The Morgan fingerprint density at radius 2 is 1.00 bits per heavy atom.